The minimum atomic E-state index is -0.496. The summed E-state index contributed by atoms with van der Waals surface area (Å²) in [5, 5.41) is 3.24. The van der Waals surface area contributed by atoms with Crippen LogP contribution in [0, 0.1) is 11.6 Å². The van der Waals surface area contributed by atoms with Crippen molar-refractivity contribution in [3.63, 3.8) is 0 Å². The lowest BCUT2D eigenvalue weighted by atomic mass is 9.99. The molecule has 0 bridgehead atoms. The number of halogens is 3. The molecule has 0 aliphatic heterocycles. The minimum absolute atomic E-state index is 0.145. The van der Waals surface area contributed by atoms with Crippen molar-refractivity contribution in [3.8, 4) is 0 Å². The summed E-state index contributed by atoms with van der Waals surface area (Å²) >= 11 is 3.11. The molecule has 1 N–H and O–H groups in total. The molecule has 1 atom stereocenters. The number of benzene rings is 1. The molecule has 0 aliphatic carbocycles. The number of unbranched alkanes of at least 4 members (excludes halogenated alkanes) is 1. The molecule has 1 rings (SSSR count). The fraction of sp³-hybridized carbons (Fsp3) is 0.571. The summed E-state index contributed by atoms with van der Waals surface area (Å²) in [6.45, 7) is 6.03. The summed E-state index contributed by atoms with van der Waals surface area (Å²) in [4.78, 5) is 0. The second kappa shape index (κ2) is 7.19. The van der Waals surface area contributed by atoms with Crippen molar-refractivity contribution in [3.05, 3.63) is 33.8 Å². The van der Waals surface area contributed by atoms with Crippen molar-refractivity contribution in [1.29, 1.82) is 0 Å². The van der Waals surface area contributed by atoms with Gasteiger partial charge in [0, 0.05) is 17.6 Å². The van der Waals surface area contributed by atoms with Crippen molar-refractivity contribution in [2.24, 2.45) is 0 Å². The maximum absolute atomic E-state index is 14.1. The molecule has 0 aromatic heterocycles. The van der Waals surface area contributed by atoms with E-state index in [1.54, 1.807) is 0 Å². The largest absolute Gasteiger partial charge is 0.308 e. The highest BCUT2D eigenvalue weighted by molar-refractivity contribution is 9.10. The summed E-state index contributed by atoms with van der Waals surface area (Å²) in [5.74, 6) is -0.978. The zero-order chi connectivity index (χ0) is 13.7. The van der Waals surface area contributed by atoms with Gasteiger partial charge in [-0.25, -0.2) is 8.78 Å². The van der Waals surface area contributed by atoms with Crippen LogP contribution in [0.25, 0.3) is 0 Å². The van der Waals surface area contributed by atoms with Crippen molar-refractivity contribution >= 4 is 15.9 Å². The van der Waals surface area contributed by atoms with Gasteiger partial charge in [0.25, 0.3) is 0 Å². The first kappa shape index (κ1) is 15.6. The van der Waals surface area contributed by atoms with E-state index in [-0.39, 0.29) is 17.6 Å². The van der Waals surface area contributed by atoms with Gasteiger partial charge in [-0.1, -0.05) is 33.6 Å². The van der Waals surface area contributed by atoms with Gasteiger partial charge in [0.15, 0.2) is 0 Å². The average molecular weight is 320 g/mol. The van der Waals surface area contributed by atoms with Gasteiger partial charge in [0.05, 0.1) is 4.47 Å². The average Bonchev–Trinajstić information content (AvgIpc) is 2.30. The van der Waals surface area contributed by atoms with E-state index in [2.05, 4.69) is 28.2 Å². The first-order valence-corrected chi connectivity index (χ1v) is 7.16. The van der Waals surface area contributed by atoms with Crippen molar-refractivity contribution in [1.82, 2.24) is 5.32 Å². The summed E-state index contributed by atoms with van der Waals surface area (Å²) in [7, 11) is 0. The van der Waals surface area contributed by atoms with Crippen LogP contribution >= 0.6 is 15.9 Å². The molecule has 0 spiro atoms. The first-order valence-electron chi connectivity index (χ1n) is 6.36. The Bertz CT molecular complexity index is 394. The highest BCUT2D eigenvalue weighted by Crippen LogP contribution is 2.29. The van der Waals surface area contributed by atoms with E-state index in [0.717, 1.165) is 19.3 Å². The predicted octanol–water partition coefficient (Wildman–Crippen LogP) is 4.96. The Morgan fingerprint density at radius 1 is 1.28 bits per heavy atom. The van der Waals surface area contributed by atoms with E-state index in [1.165, 1.54) is 12.1 Å². The van der Waals surface area contributed by atoms with Gasteiger partial charge in [-0.2, -0.15) is 0 Å². The fourth-order valence-corrected chi connectivity index (χ4v) is 2.33. The standard InChI is InChI=1S/C14H20BrF2N/c1-4-5-6-12(18-9(2)3)13-11(16)8-7-10(15)14(13)17/h7-9,12,18H,4-6H2,1-3H3. The Kier molecular flexibility index (Phi) is 6.22. The summed E-state index contributed by atoms with van der Waals surface area (Å²) in [5.41, 5.74) is 0.145. The highest BCUT2D eigenvalue weighted by atomic mass is 79.9. The van der Waals surface area contributed by atoms with Gasteiger partial charge in [-0.05, 0) is 34.5 Å². The molecule has 1 aromatic rings. The maximum Gasteiger partial charge on any atom is 0.145 e. The van der Waals surface area contributed by atoms with Crippen LogP contribution in [-0.4, -0.2) is 6.04 Å². The molecule has 1 unspecified atom stereocenters. The Morgan fingerprint density at radius 2 is 1.94 bits per heavy atom. The molecule has 1 nitrogen and oxygen atoms in total. The molecule has 4 heteroatoms. The summed E-state index contributed by atoms with van der Waals surface area (Å²) in [6, 6.07) is 2.62. The Labute approximate surface area is 116 Å². The Hall–Kier alpha value is -0.480. The lowest BCUT2D eigenvalue weighted by Gasteiger charge is -2.23. The molecule has 0 amide bonds. The van der Waals surface area contributed by atoms with Crippen molar-refractivity contribution < 1.29 is 8.78 Å². The van der Waals surface area contributed by atoms with E-state index in [1.807, 2.05) is 13.8 Å². The third-order valence-electron chi connectivity index (χ3n) is 2.81. The van der Waals surface area contributed by atoms with E-state index in [0.29, 0.717) is 4.47 Å². The molecule has 102 valence electrons. The van der Waals surface area contributed by atoms with Crippen LogP contribution in [0.15, 0.2) is 16.6 Å². The Balaban J connectivity index is 3.07. The molecule has 1 aromatic carbocycles. The van der Waals surface area contributed by atoms with Crippen LogP contribution in [0.3, 0.4) is 0 Å². The van der Waals surface area contributed by atoms with Gasteiger partial charge >= 0.3 is 0 Å². The van der Waals surface area contributed by atoms with Gasteiger partial charge < -0.3 is 5.32 Å². The van der Waals surface area contributed by atoms with Gasteiger partial charge in [-0.3, -0.25) is 0 Å². The van der Waals surface area contributed by atoms with Crippen LogP contribution in [0.4, 0.5) is 8.78 Å². The van der Waals surface area contributed by atoms with Gasteiger partial charge in [0.1, 0.15) is 11.6 Å². The molecule has 0 heterocycles. The fourth-order valence-electron chi connectivity index (χ4n) is 1.98. The van der Waals surface area contributed by atoms with Crippen LogP contribution in [0.5, 0.6) is 0 Å². The highest BCUT2D eigenvalue weighted by Gasteiger charge is 2.22. The van der Waals surface area contributed by atoms with Gasteiger partial charge in [-0.15, -0.1) is 0 Å². The summed E-state index contributed by atoms with van der Waals surface area (Å²) in [6.07, 6.45) is 2.68. The van der Waals surface area contributed by atoms with Crippen molar-refractivity contribution in [2.45, 2.75) is 52.1 Å². The predicted molar refractivity (Wildman–Crippen MR) is 74.6 cm³/mol. The zero-order valence-corrected chi connectivity index (χ0v) is 12.7. The zero-order valence-electron chi connectivity index (χ0n) is 11.1. The van der Waals surface area contributed by atoms with Crippen LogP contribution in [0.2, 0.25) is 0 Å². The van der Waals surface area contributed by atoms with Crippen LogP contribution < -0.4 is 5.32 Å². The molecular weight excluding hydrogens is 300 g/mol. The van der Waals surface area contributed by atoms with Crippen LogP contribution in [0.1, 0.15) is 51.6 Å². The minimum Gasteiger partial charge on any atom is -0.308 e. The molecule has 0 aliphatic rings. The molecule has 0 fully saturated rings. The molecule has 0 saturated heterocycles. The van der Waals surface area contributed by atoms with E-state index >= 15 is 0 Å². The number of hydrogen-bond donors (Lipinski definition) is 1. The second-order valence-corrected chi connectivity index (χ2v) is 5.63. The second-order valence-electron chi connectivity index (χ2n) is 4.77. The molecular formula is C14H20BrF2N. The third-order valence-corrected chi connectivity index (χ3v) is 3.42. The molecule has 18 heavy (non-hydrogen) atoms. The quantitative estimate of drug-likeness (QED) is 0.731. The third kappa shape index (κ3) is 4.02. The topological polar surface area (TPSA) is 12.0 Å². The number of hydrogen-bond acceptors (Lipinski definition) is 1. The lowest BCUT2D eigenvalue weighted by molar-refractivity contribution is 0.406. The van der Waals surface area contributed by atoms with Crippen molar-refractivity contribution in [2.75, 3.05) is 0 Å². The molecule has 0 radical (unpaired) electrons. The lowest BCUT2D eigenvalue weighted by Crippen LogP contribution is -2.29. The summed E-state index contributed by atoms with van der Waals surface area (Å²) < 4.78 is 28.2. The SMILES string of the molecule is CCCCC(NC(C)C)c1c(F)ccc(Br)c1F. The maximum atomic E-state index is 14.1. The number of nitrogens with one attached hydrogen (secondary N) is 1. The van der Waals surface area contributed by atoms with Gasteiger partial charge in [0.2, 0.25) is 0 Å². The van der Waals surface area contributed by atoms with E-state index in [4.69, 9.17) is 0 Å². The van der Waals surface area contributed by atoms with E-state index in [9.17, 15) is 8.78 Å². The smallest absolute Gasteiger partial charge is 0.145 e. The monoisotopic (exact) mass is 319 g/mol. The van der Waals surface area contributed by atoms with Crippen LogP contribution in [-0.2, 0) is 0 Å². The Morgan fingerprint density at radius 3 is 2.50 bits per heavy atom. The normalized spacial score (nSPS) is 13.1. The van der Waals surface area contributed by atoms with E-state index < -0.39 is 11.6 Å². The first-order chi connectivity index (χ1) is 8.47. The molecule has 0 saturated carbocycles. The number of rotatable bonds is 6.